The molecule has 0 spiro atoms. The summed E-state index contributed by atoms with van der Waals surface area (Å²) in [5.74, 6) is 1.17. The second-order valence-corrected chi connectivity index (χ2v) is 5.24. The highest BCUT2D eigenvalue weighted by Gasteiger charge is 2.07. The van der Waals surface area contributed by atoms with E-state index in [9.17, 15) is 8.60 Å². The number of benzene rings is 1. The molecule has 0 amide bonds. The van der Waals surface area contributed by atoms with Crippen LogP contribution < -0.4 is 0 Å². The zero-order valence-corrected chi connectivity index (χ0v) is 10.2. The van der Waals surface area contributed by atoms with Crippen LogP contribution in [0.5, 0.6) is 0 Å². The first kappa shape index (κ1) is 12.0. The highest BCUT2D eigenvalue weighted by molar-refractivity contribution is 7.83. The van der Waals surface area contributed by atoms with Gasteiger partial charge < -0.3 is 4.52 Å². The molecule has 17 heavy (non-hydrogen) atoms. The number of hydrogen-bond acceptors (Lipinski definition) is 3. The second kappa shape index (κ2) is 5.23. The average molecular weight is 253 g/mol. The minimum atomic E-state index is -1.06. The summed E-state index contributed by atoms with van der Waals surface area (Å²) in [4.78, 5) is 0. The van der Waals surface area contributed by atoms with Gasteiger partial charge in [-0.15, -0.1) is 0 Å². The summed E-state index contributed by atoms with van der Waals surface area (Å²) in [7, 11) is -1.06. The lowest BCUT2D eigenvalue weighted by atomic mass is 10.2. The van der Waals surface area contributed by atoms with Crippen LogP contribution >= 0.6 is 0 Å². The van der Waals surface area contributed by atoms with Gasteiger partial charge in [0.05, 0.1) is 11.4 Å². The molecule has 0 radical (unpaired) electrons. The largest absolute Gasteiger partial charge is 0.361 e. The van der Waals surface area contributed by atoms with Crippen molar-refractivity contribution in [3.05, 3.63) is 53.2 Å². The molecule has 5 heteroatoms. The minimum absolute atomic E-state index is 0.286. The van der Waals surface area contributed by atoms with Crippen molar-refractivity contribution in [2.75, 3.05) is 0 Å². The normalized spacial score (nSPS) is 12.6. The van der Waals surface area contributed by atoms with Gasteiger partial charge in [-0.3, -0.25) is 4.21 Å². The van der Waals surface area contributed by atoms with E-state index in [1.807, 2.05) is 0 Å². The molecule has 0 N–H and O–H groups in total. The van der Waals surface area contributed by atoms with E-state index in [2.05, 4.69) is 5.16 Å². The molecule has 1 heterocycles. The Morgan fingerprint density at radius 1 is 1.29 bits per heavy atom. The fourth-order valence-electron chi connectivity index (χ4n) is 1.47. The van der Waals surface area contributed by atoms with Crippen LogP contribution in [-0.2, 0) is 22.3 Å². The number of aromatic nitrogens is 1. The Morgan fingerprint density at radius 2 is 2.00 bits per heavy atom. The molecule has 0 aliphatic heterocycles. The monoisotopic (exact) mass is 253 g/mol. The Kier molecular flexibility index (Phi) is 3.68. The number of nitrogens with zero attached hydrogens (tertiary/aromatic N) is 1. The molecule has 0 bridgehead atoms. The maximum absolute atomic E-state index is 12.7. The van der Waals surface area contributed by atoms with E-state index in [4.69, 9.17) is 4.52 Å². The molecule has 2 aromatic rings. The van der Waals surface area contributed by atoms with Crippen molar-refractivity contribution in [3.63, 3.8) is 0 Å². The first-order chi connectivity index (χ1) is 8.13. The molecule has 1 aromatic carbocycles. The van der Waals surface area contributed by atoms with Crippen molar-refractivity contribution in [1.29, 1.82) is 0 Å². The van der Waals surface area contributed by atoms with Crippen LogP contribution in [0, 0.1) is 12.7 Å². The van der Waals surface area contributed by atoms with E-state index in [1.54, 1.807) is 25.1 Å². The SMILES string of the molecule is Cc1cc(CS(=O)Cc2ccc(F)cc2)no1. The van der Waals surface area contributed by atoms with Crippen molar-refractivity contribution in [1.82, 2.24) is 5.16 Å². The smallest absolute Gasteiger partial charge is 0.133 e. The Labute approximate surface area is 101 Å². The molecular weight excluding hydrogens is 241 g/mol. The van der Waals surface area contributed by atoms with Gasteiger partial charge in [0, 0.05) is 22.6 Å². The molecular formula is C12H12FNO2S. The predicted molar refractivity (Wildman–Crippen MR) is 63.2 cm³/mol. The number of halogens is 1. The van der Waals surface area contributed by atoms with Crippen molar-refractivity contribution in [2.45, 2.75) is 18.4 Å². The minimum Gasteiger partial charge on any atom is -0.361 e. The van der Waals surface area contributed by atoms with Gasteiger partial charge in [0.2, 0.25) is 0 Å². The molecule has 1 atom stereocenters. The fourth-order valence-corrected chi connectivity index (χ4v) is 2.60. The lowest BCUT2D eigenvalue weighted by Crippen LogP contribution is -1.99. The predicted octanol–water partition coefficient (Wildman–Crippen LogP) is 2.57. The quantitative estimate of drug-likeness (QED) is 0.841. The van der Waals surface area contributed by atoms with E-state index in [1.165, 1.54) is 12.1 Å². The van der Waals surface area contributed by atoms with Gasteiger partial charge in [-0.25, -0.2) is 4.39 Å². The van der Waals surface area contributed by atoms with E-state index >= 15 is 0 Å². The Balaban J connectivity index is 1.95. The lowest BCUT2D eigenvalue weighted by molar-refractivity contribution is 0.392. The van der Waals surface area contributed by atoms with E-state index < -0.39 is 10.8 Å². The van der Waals surface area contributed by atoms with Gasteiger partial charge in [0.1, 0.15) is 11.6 Å². The van der Waals surface area contributed by atoms with Crippen LogP contribution in [0.15, 0.2) is 34.9 Å². The Morgan fingerprint density at radius 3 is 2.59 bits per heavy atom. The maximum atomic E-state index is 12.7. The molecule has 0 saturated heterocycles. The summed E-state index contributed by atoms with van der Waals surface area (Å²) in [5.41, 5.74) is 1.54. The van der Waals surface area contributed by atoms with Gasteiger partial charge in [0.15, 0.2) is 0 Å². The summed E-state index contributed by atoms with van der Waals surface area (Å²) in [6, 6.07) is 7.78. The first-order valence-corrected chi connectivity index (χ1v) is 6.64. The summed E-state index contributed by atoms with van der Waals surface area (Å²) < 4.78 is 29.4. The number of aryl methyl sites for hydroxylation is 1. The van der Waals surface area contributed by atoms with Crippen molar-refractivity contribution < 1.29 is 13.1 Å². The summed E-state index contributed by atoms with van der Waals surface area (Å²) in [5, 5.41) is 3.78. The lowest BCUT2D eigenvalue weighted by Gasteiger charge is -2.00. The zero-order valence-electron chi connectivity index (χ0n) is 9.35. The Bertz CT molecular complexity index is 522. The van der Waals surface area contributed by atoms with Crippen molar-refractivity contribution in [2.24, 2.45) is 0 Å². The maximum Gasteiger partial charge on any atom is 0.133 e. The Hall–Kier alpha value is -1.49. The third-order valence-corrected chi connectivity index (χ3v) is 3.50. The highest BCUT2D eigenvalue weighted by atomic mass is 32.2. The highest BCUT2D eigenvalue weighted by Crippen LogP contribution is 2.10. The topological polar surface area (TPSA) is 43.1 Å². The van der Waals surface area contributed by atoms with Crippen LogP contribution in [0.1, 0.15) is 17.0 Å². The molecule has 0 saturated carbocycles. The molecule has 0 aliphatic rings. The van der Waals surface area contributed by atoms with Crippen LogP contribution in [0.25, 0.3) is 0 Å². The third-order valence-electron chi connectivity index (χ3n) is 2.23. The van der Waals surface area contributed by atoms with Gasteiger partial charge in [-0.05, 0) is 24.6 Å². The van der Waals surface area contributed by atoms with E-state index in [-0.39, 0.29) is 5.82 Å². The molecule has 3 nitrogen and oxygen atoms in total. The van der Waals surface area contributed by atoms with Gasteiger partial charge in [0.25, 0.3) is 0 Å². The summed E-state index contributed by atoms with van der Waals surface area (Å²) in [6.07, 6.45) is 0. The molecule has 1 unspecified atom stereocenters. The summed E-state index contributed by atoms with van der Waals surface area (Å²) in [6.45, 7) is 1.79. The molecule has 0 fully saturated rings. The first-order valence-electron chi connectivity index (χ1n) is 5.15. The van der Waals surface area contributed by atoms with Crippen LogP contribution in [-0.4, -0.2) is 9.37 Å². The second-order valence-electron chi connectivity index (χ2n) is 3.78. The fraction of sp³-hybridized carbons (Fsp3) is 0.250. The van der Waals surface area contributed by atoms with Crippen LogP contribution in [0.3, 0.4) is 0 Å². The third kappa shape index (κ3) is 3.49. The van der Waals surface area contributed by atoms with Gasteiger partial charge in [-0.2, -0.15) is 0 Å². The number of hydrogen-bond donors (Lipinski definition) is 0. The average Bonchev–Trinajstić information content (AvgIpc) is 2.67. The van der Waals surface area contributed by atoms with Gasteiger partial charge in [-0.1, -0.05) is 17.3 Å². The van der Waals surface area contributed by atoms with E-state index in [0.29, 0.717) is 23.0 Å². The van der Waals surface area contributed by atoms with Gasteiger partial charge >= 0.3 is 0 Å². The van der Waals surface area contributed by atoms with Crippen molar-refractivity contribution >= 4 is 10.8 Å². The summed E-state index contributed by atoms with van der Waals surface area (Å²) >= 11 is 0. The van der Waals surface area contributed by atoms with Crippen LogP contribution in [0.2, 0.25) is 0 Å². The molecule has 2 rings (SSSR count). The molecule has 1 aromatic heterocycles. The van der Waals surface area contributed by atoms with Crippen molar-refractivity contribution in [3.8, 4) is 0 Å². The van der Waals surface area contributed by atoms with Crippen LogP contribution in [0.4, 0.5) is 4.39 Å². The molecule has 0 aliphatic carbocycles. The molecule has 90 valence electrons. The standard InChI is InChI=1S/C12H12FNO2S/c1-9-6-12(14-16-9)8-17(15)7-10-2-4-11(13)5-3-10/h2-6H,7-8H2,1H3. The zero-order chi connectivity index (χ0) is 12.3. The van der Waals surface area contributed by atoms with E-state index in [0.717, 1.165) is 5.56 Å². The number of rotatable bonds is 4.